The molecule has 0 bridgehead atoms. The molecule has 0 saturated heterocycles. The number of hydrogen-bond donors (Lipinski definition) is 1. The van der Waals surface area contributed by atoms with E-state index in [0.717, 1.165) is 5.75 Å². The molecule has 0 aliphatic rings. The summed E-state index contributed by atoms with van der Waals surface area (Å²) >= 11 is 3.08. The minimum atomic E-state index is -0.438. The summed E-state index contributed by atoms with van der Waals surface area (Å²) in [5, 5.41) is 4.58. The number of hydrogen-bond acceptors (Lipinski definition) is 6. The van der Waals surface area contributed by atoms with Crippen molar-refractivity contribution in [2.75, 3.05) is 17.7 Å². The number of ether oxygens (including phenoxy) is 1. The Hall–Kier alpha value is -2.12. The van der Waals surface area contributed by atoms with Crippen LogP contribution >= 0.6 is 23.1 Å². The van der Waals surface area contributed by atoms with Crippen molar-refractivity contribution in [2.24, 2.45) is 0 Å². The summed E-state index contributed by atoms with van der Waals surface area (Å²) in [6.07, 6.45) is 0. The molecule has 5 nitrogen and oxygen atoms in total. The molecule has 1 aromatic heterocycles. The van der Waals surface area contributed by atoms with Gasteiger partial charge in [-0.25, -0.2) is 0 Å². The molecule has 0 unspecified atom stereocenters. The molecule has 2 aromatic rings. The molecule has 0 saturated carbocycles. The van der Waals surface area contributed by atoms with Crippen LogP contribution in [0.3, 0.4) is 0 Å². The predicted octanol–water partition coefficient (Wildman–Crippen LogP) is 3.37. The maximum absolute atomic E-state index is 11.8. The Bertz CT molecular complexity index is 713. The summed E-state index contributed by atoms with van der Waals surface area (Å²) in [6.45, 7) is 1.11. The number of carbonyl (C=O) groups is 3. The SMILES string of the molecule is CC(=O)c1cccc(NC(=O)COC(=O)CSCc2cccs2)c1. The maximum atomic E-state index is 11.8. The van der Waals surface area contributed by atoms with Gasteiger partial charge in [0, 0.05) is 21.9 Å². The number of carbonyl (C=O) groups excluding carboxylic acids is 3. The smallest absolute Gasteiger partial charge is 0.316 e. The van der Waals surface area contributed by atoms with E-state index < -0.39 is 11.9 Å². The van der Waals surface area contributed by atoms with Crippen LogP contribution in [0, 0.1) is 0 Å². The largest absolute Gasteiger partial charge is 0.455 e. The Balaban J connectivity index is 1.69. The van der Waals surface area contributed by atoms with Gasteiger partial charge in [0.1, 0.15) is 0 Å². The maximum Gasteiger partial charge on any atom is 0.316 e. The number of rotatable bonds is 8. The first-order chi connectivity index (χ1) is 11.5. The monoisotopic (exact) mass is 363 g/mol. The van der Waals surface area contributed by atoms with E-state index in [9.17, 15) is 14.4 Å². The van der Waals surface area contributed by atoms with Crippen molar-refractivity contribution in [3.05, 3.63) is 52.2 Å². The van der Waals surface area contributed by atoms with E-state index in [4.69, 9.17) is 4.74 Å². The van der Waals surface area contributed by atoms with Crippen molar-refractivity contribution in [2.45, 2.75) is 12.7 Å². The predicted molar refractivity (Wildman–Crippen MR) is 96.5 cm³/mol. The molecule has 24 heavy (non-hydrogen) atoms. The molecule has 1 heterocycles. The van der Waals surface area contributed by atoms with Gasteiger partial charge in [-0.3, -0.25) is 14.4 Å². The Labute approximate surface area is 148 Å². The Morgan fingerprint density at radius 1 is 1.21 bits per heavy atom. The van der Waals surface area contributed by atoms with Gasteiger partial charge in [0.2, 0.25) is 0 Å². The average molecular weight is 363 g/mol. The van der Waals surface area contributed by atoms with Crippen LogP contribution < -0.4 is 5.32 Å². The lowest BCUT2D eigenvalue weighted by molar-refractivity contribution is -0.144. The minimum Gasteiger partial charge on any atom is -0.455 e. The van der Waals surface area contributed by atoms with E-state index in [1.54, 1.807) is 35.6 Å². The van der Waals surface area contributed by atoms with Crippen LogP contribution in [0.25, 0.3) is 0 Å². The Morgan fingerprint density at radius 2 is 2.04 bits per heavy atom. The van der Waals surface area contributed by atoms with Crippen LogP contribution in [0.2, 0.25) is 0 Å². The van der Waals surface area contributed by atoms with E-state index in [1.165, 1.54) is 23.6 Å². The van der Waals surface area contributed by atoms with Crippen LogP contribution in [0.1, 0.15) is 22.2 Å². The van der Waals surface area contributed by atoms with Crippen molar-refractivity contribution >= 4 is 46.4 Å². The number of thiophene rings is 1. The summed E-state index contributed by atoms with van der Waals surface area (Å²) in [6, 6.07) is 10.6. The standard InChI is InChI=1S/C17H17NO4S2/c1-12(19)13-4-2-5-14(8-13)18-16(20)9-22-17(21)11-23-10-15-6-3-7-24-15/h2-8H,9-11H2,1H3,(H,18,20). The molecular weight excluding hydrogens is 346 g/mol. The number of anilines is 1. The second-order valence-electron chi connectivity index (χ2n) is 4.92. The molecule has 1 amide bonds. The van der Waals surface area contributed by atoms with Crippen LogP contribution in [-0.4, -0.2) is 30.0 Å². The van der Waals surface area contributed by atoms with Crippen LogP contribution in [0.4, 0.5) is 5.69 Å². The van der Waals surface area contributed by atoms with Gasteiger partial charge in [0.05, 0.1) is 5.75 Å². The molecule has 0 radical (unpaired) electrons. The average Bonchev–Trinajstić information content (AvgIpc) is 3.06. The minimum absolute atomic E-state index is 0.0831. The summed E-state index contributed by atoms with van der Waals surface area (Å²) in [4.78, 5) is 35.9. The van der Waals surface area contributed by atoms with Crippen molar-refractivity contribution in [3.8, 4) is 0 Å². The topological polar surface area (TPSA) is 72.5 Å². The highest BCUT2D eigenvalue weighted by Gasteiger charge is 2.09. The molecular formula is C17H17NO4S2. The van der Waals surface area contributed by atoms with E-state index in [1.807, 2.05) is 17.5 Å². The summed E-state index contributed by atoms with van der Waals surface area (Å²) in [7, 11) is 0. The molecule has 2 rings (SSSR count). The number of Topliss-reactive ketones (excluding diaryl/α,β-unsaturated/α-hetero) is 1. The molecule has 1 aromatic carbocycles. The Morgan fingerprint density at radius 3 is 2.75 bits per heavy atom. The quantitative estimate of drug-likeness (QED) is 0.575. The first-order valence-corrected chi connectivity index (χ1v) is 9.24. The third-order valence-corrected chi connectivity index (χ3v) is 4.98. The van der Waals surface area contributed by atoms with Gasteiger partial charge in [-0.1, -0.05) is 18.2 Å². The molecule has 0 atom stereocenters. The van der Waals surface area contributed by atoms with Crippen molar-refractivity contribution in [1.29, 1.82) is 0 Å². The zero-order valence-corrected chi connectivity index (χ0v) is 14.7. The van der Waals surface area contributed by atoms with Crippen molar-refractivity contribution < 1.29 is 19.1 Å². The fourth-order valence-electron chi connectivity index (χ4n) is 1.83. The lowest BCUT2D eigenvalue weighted by Crippen LogP contribution is -2.21. The number of nitrogens with one attached hydrogen (secondary N) is 1. The molecule has 0 aliphatic heterocycles. The van der Waals surface area contributed by atoms with E-state index >= 15 is 0 Å². The number of thioether (sulfide) groups is 1. The number of amides is 1. The van der Waals surface area contributed by atoms with Crippen LogP contribution in [0.5, 0.6) is 0 Å². The first-order valence-electron chi connectivity index (χ1n) is 7.21. The van der Waals surface area contributed by atoms with Gasteiger partial charge in [0.25, 0.3) is 5.91 Å². The lowest BCUT2D eigenvalue weighted by atomic mass is 10.1. The fraction of sp³-hybridized carbons (Fsp3) is 0.235. The first kappa shape index (κ1) is 18.2. The molecule has 0 fully saturated rings. The summed E-state index contributed by atoms with van der Waals surface area (Å²) in [5.41, 5.74) is 1.01. The molecule has 1 N–H and O–H groups in total. The third-order valence-electron chi connectivity index (χ3n) is 2.96. The lowest BCUT2D eigenvalue weighted by Gasteiger charge is -2.07. The van der Waals surface area contributed by atoms with Gasteiger partial charge >= 0.3 is 5.97 Å². The zero-order chi connectivity index (χ0) is 17.4. The van der Waals surface area contributed by atoms with Crippen molar-refractivity contribution in [3.63, 3.8) is 0 Å². The van der Waals surface area contributed by atoms with E-state index in [-0.39, 0.29) is 18.1 Å². The zero-order valence-electron chi connectivity index (χ0n) is 13.1. The third kappa shape index (κ3) is 6.17. The molecule has 126 valence electrons. The fourth-order valence-corrected chi connectivity index (χ4v) is 3.49. The Kier molecular flexibility index (Phi) is 7.02. The van der Waals surface area contributed by atoms with Gasteiger partial charge in [0.15, 0.2) is 12.4 Å². The second kappa shape index (κ2) is 9.24. The van der Waals surface area contributed by atoms with Gasteiger partial charge < -0.3 is 10.1 Å². The van der Waals surface area contributed by atoms with Gasteiger partial charge in [-0.05, 0) is 30.5 Å². The highest BCUT2D eigenvalue weighted by molar-refractivity contribution is 7.99. The number of esters is 1. The summed E-state index contributed by atoms with van der Waals surface area (Å²) < 4.78 is 4.94. The number of ketones is 1. The summed E-state index contributed by atoms with van der Waals surface area (Å²) in [5.74, 6) is -0.00118. The van der Waals surface area contributed by atoms with Gasteiger partial charge in [-0.15, -0.1) is 23.1 Å². The van der Waals surface area contributed by atoms with Gasteiger partial charge in [-0.2, -0.15) is 0 Å². The van der Waals surface area contributed by atoms with E-state index in [0.29, 0.717) is 11.3 Å². The number of benzene rings is 1. The highest BCUT2D eigenvalue weighted by Crippen LogP contribution is 2.17. The van der Waals surface area contributed by atoms with E-state index in [2.05, 4.69) is 5.32 Å². The van der Waals surface area contributed by atoms with Crippen molar-refractivity contribution in [1.82, 2.24) is 0 Å². The second-order valence-corrected chi connectivity index (χ2v) is 6.94. The van der Waals surface area contributed by atoms with Crippen LogP contribution in [0.15, 0.2) is 41.8 Å². The molecule has 0 spiro atoms. The highest BCUT2D eigenvalue weighted by atomic mass is 32.2. The molecule has 0 aliphatic carbocycles. The van der Waals surface area contributed by atoms with Crippen LogP contribution in [-0.2, 0) is 20.1 Å². The molecule has 7 heteroatoms. The normalized spacial score (nSPS) is 10.2.